The number of rotatable bonds is 8. The van der Waals surface area contributed by atoms with Crippen molar-refractivity contribution in [3.8, 4) is 5.75 Å². The van der Waals surface area contributed by atoms with Crippen molar-refractivity contribution in [3.05, 3.63) is 69.3 Å². The van der Waals surface area contributed by atoms with Crippen molar-refractivity contribution in [2.24, 2.45) is 4.99 Å². The number of halogens is 3. The molecule has 29 heavy (non-hydrogen) atoms. The highest BCUT2D eigenvalue weighted by Gasteiger charge is 2.13. The Morgan fingerprint density at radius 2 is 1.93 bits per heavy atom. The van der Waals surface area contributed by atoms with Crippen LogP contribution in [0.2, 0.25) is 0 Å². The molecule has 0 saturated heterocycles. The number of para-hydroxylation sites is 1. The summed E-state index contributed by atoms with van der Waals surface area (Å²) in [5.41, 5.74) is 1.93. The van der Waals surface area contributed by atoms with Gasteiger partial charge in [0.2, 0.25) is 0 Å². The average molecular weight is 520 g/mol. The fourth-order valence-electron chi connectivity index (χ4n) is 2.57. The smallest absolute Gasteiger partial charge is 0.387 e. The Labute approximate surface area is 184 Å². The third-order valence-corrected chi connectivity index (χ3v) is 3.82. The number of guanidine groups is 1. The van der Waals surface area contributed by atoms with Crippen molar-refractivity contribution in [1.29, 1.82) is 0 Å². The minimum absolute atomic E-state index is 0. The summed E-state index contributed by atoms with van der Waals surface area (Å²) in [4.78, 5) is 15.1. The summed E-state index contributed by atoms with van der Waals surface area (Å²) in [6.07, 6.45) is 0. The lowest BCUT2D eigenvalue weighted by atomic mass is 10.1. The molecule has 0 spiro atoms. The van der Waals surface area contributed by atoms with Crippen LogP contribution in [0.3, 0.4) is 0 Å². The molecule has 0 aliphatic rings. The number of nitro benzene ring substituents is 1. The molecule has 0 radical (unpaired) electrons. The highest BCUT2D eigenvalue weighted by atomic mass is 127. The number of aryl methyl sites for hydroxylation is 1. The first-order valence-corrected chi connectivity index (χ1v) is 8.69. The molecule has 2 aromatic carbocycles. The van der Waals surface area contributed by atoms with E-state index in [4.69, 9.17) is 0 Å². The number of aliphatic imine (C=N–C) groups is 1. The molecule has 0 amide bonds. The van der Waals surface area contributed by atoms with Gasteiger partial charge in [0.05, 0.1) is 11.5 Å². The Morgan fingerprint density at radius 1 is 1.21 bits per heavy atom. The topological polar surface area (TPSA) is 88.8 Å². The van der Waals surface area contributed by atoms with Gasteiger partial charge in [-0.3, -0.25) is 10.1 Å². The minimum Gasteiger partial charge on any atom is -0.434 e. The Morgan fingerprint density at radius 3 is 2.59 bits per heavy atom. The Balaban J connectivity index is 0.00000420. The monoisotopic (exact) mass is 520 g/mol. The Hall–Kier alpha value is -2.50. The maximum atomic E-state index is 12.6. The van der Waals surface area contributed by atoms with Crippen molar-refractivity contribution >= 4 is 35.6 Å². The van der Waals surface area contributed by atoms with Crippen LogP contribution in [0.25, 0.3) is 0 Å². The predicted molar refractivity (Wildman–Crippen MR) is 118 cm³/mol. The lowest BCUT2D eigenvalue weighted by Gasteiger charge is -2.13. The van der Waals surface area contributed by atoms with Crippen LogP contribution < -0.4 is 15.4 Å². The first-order chi connectivity index (χ1) is 13.4. The second kappa shape index (κ2) is 12.1. The van der Waals surface area contributed by atoms with Crippen LogP contribution in [0.4, 0.5) is 14.5 Å². The normalized spacial score (nSPS) is 11.0. The largest absolute Gasteiger partial charge is 0.434 e. The molecule has 2 rings (SSSR count). The lowest BCUT2D eigenvalue weighted by Crippen LogP contribution is -2.36. The van der Waals surface area contributed by atoms with E-state index in [0.717, 1.165) is 5.56 Å². The van der Waals surface area contributed by atoms with Crippen molar-refractivity contribution in [3.63, 3.8) is 0 Å². The number of nitro groups is 1. The first-order valence-electron chi connectivity index (χ1n) is 8.69. The molecular weight excluding hydrogens is 497 g/mol. The standard InChI is InChI=1S/C19H22F2N4O3.HI/c1-3-22-19(23-11-14-6-4-5-7-16(14)25(26)27)24-12-15-10-13(2)8-9-17(15)28-18(20)21;/h4-10,18H,3,11-12H2,1-2H3,(H2,22,23,24);1H. The van der Waals surface area contributed by atoms with E-state index in [1.165, 1.54) is 12.1 Å². The molecule has 0 atom stereocenters. The third-order valence-electron chi connectivity index (χ3n) is 3.82. The number of benzene rings is 2. The zero-order valence-corrected chi connectivity index (χ0v) is 18.4. The summed E-state index contributed by atoms with van der Waals surface area (Å²) >= 11 is 0. The maximum Gasteiger partial charge on any atom is 0.387 e. The van der Waals surface area contributed by atoms with E-state index in [0.29, 0.717) is 23.6 Å². The molecule has 0 fully saturated rings. The zero-order valence-electron chi connectivity index (χ0n) is 16.0. The molecule has 0 aliphatic carbocycles. The molecule has 0 aromatic heterocycles. The number of ether oxygens (including phenoxy) is 1. The second-order valence-electron chi connectivity index (χ2n) is 5.92. The fraction of sp³-hybridized carbons (Fsp3) is 0.316. The van der Waals surface area contributed by atoms with Gasteiger partial charge < -0.3 is 15.4 Å². The van der Waals surface area contributed by atoms with Gasteiger partial charge in [0.1, 0.15) is 5.75 Å². The third kappa shape index (κ3) is 7.80. The number of hydrogen-bond donors (Lipinski definition) is 2. The second-order valence-corrected chi connectivity index (χ2v) is 5.92. The van der Waals surface area contributed by atoms with E-state index in [-0.39, 0.29) is 48.5 Å². The van der Waals surface area contributed by atoms with E-state index >= 15 is 0 Å². The molecule has 158 valence electrons. The highest BCUT2D eigenvalue weighted by Crippen LogP contribution is 2.23. The van der Waals surface area contributed by atoms with Gasteiger partial charge in [-0.1, -0.05) is 35.9 Å². The molecule has 0 saturated carbocycles. The number of nitrogens with zero attached hydrogens (tertiary/aromatic N) is 2. The molecule has 2 aromatic rings. The number of nitrogens with one attached hydrogen (secondary N) is 2. The van der Waals surface area contributed by atoms with Gasteiger partial charge in [-0.25, -0.2) is 4.99 Å². The Kier molecular flexibility index (Phi) is 10.3. The van der Waals surface area contributed by atoms with E-state index in [1.54, 1.807) is 30.3 Å². The summed E-state index contributed by atoms with van der Waals surface area (Å²) in [6.45, 7) is 1.66. The van der Waals surface area contributed by atoms with E-state index in [9.17, 15) is 18.9 Å². The van der Waals surface area contributed by atoms with E-state index in [2.05, 4.69) is 20.4 Å². The minimum atomic E-state index is -2.92. The first kappa shape index (κ1) is 24.5. The van der Waals surface area contributed by atoms with Gasteiger partial charge >= 0.3 is 6.61 Å². The Bertz CT molecular complexity index is 850. The van der Waals surface area contributed by atoms with Gasteiger partial charge in [0, 0.05) is 30.3 Å². The van der Waals surface area contributed by atoms with Gasteiger partial charge in [-0.2, -0.15) is 8.78 Å². The highest BCUT2D eigenvalue weighted by molar-refractivity contribution is 14.0. The molecule has 10 heteroatoms. The average Bonchev–Trinajstić information content (AvgIpc) is 2.65. The van der Waals surface area contributed by atoms with Crippen LogP contribution in [-0.2, 0) is 13.1 Å². The summed E-state index contributed by atoms with van der Waals surface area (Å²) < 4.78 is 29.7. The van der Waals surface area contributed by atoms with Gasteiger partial charge in [0.25, 0.3) is 5.69 Å². The number of hydrogen-bond acceptors (Lipinski definition) is 4. The summed E-state index contributed by atoms with van der Waals surface area (Å²) in [5.74, 6) is 0.476. The molecule has 0 heterocycles. The van der Waals surface area contributed by atoms with Crippen molar-refractivity contribution in [2.45, 2.75) is 33.5 Å². The fourth-order valence-corrected chi connectivity index (χ4v) is 2.57. The van der Waals surface area contributed by atoms with E-state index < -0.39 is 11.5 Å². The summed E-state index contributed by atoms with van der Waals surface area (Å²) in [5, 5.41) is 17.2. The quantitative estimate of drug-likeness (QED) is 0.177. The van der Waals surface area contributed by atoms with Gasteiger partial charge in [-0.15, -0.1) is 24.0 Å². The SMILES string of the molecule is CCNC(=NCc1cc(C)ccc1OC(F)F)NCc1ccccc1[N+](=O)[O-].I. The maximum absolute atomic E-state index is 12.6. The van der Waals surface area contributed by atoms with Gasteiger partial charge in [0.15, 0.2) is 5.96 Å². The van der Waals surface area contributed by atoms with Gasteiger partial charge in [-0.05, 0) is 19.9 Å². The molecule has 0 aliphatic heterocycles. The molecular formula is C19H23F2IN4O3. The molecule has 7 nitrogen and oxygen atoms in total. The predicted octanol–water partition coefficient (Wildman–Crippen LogP) is 4.38. The summed E-state index contributed by atoms with van der Waals surface area (Å²) in [6, 6.07) is 11.3. The van der Waals surface area contributed by atoms with Crippen molar-refractivity contribution in [1.82, 2.24) is 10.6 Å². The summed E-state index contributed by atoms with van der Waals surface area (Å²) in [7, 11) is 0. The molecule has 0 bridgehead atoms. The van der Waals surface area contributed by atoms with Crippen LogP contribution >= 0.6 is 24.0 Å². The van der Waals surface area contributed by atoms with Crippen LogP contribution in [0.15, 0.2) is 47.5 Å². The van der Waals surface area contributed by atoms with Crippen LogP contribution in [0, 0.1) is 17.0 Å². The molecule has 0 unspecified atom stereocenters. The molecule has 2 N–H and O–H groups in total. The van der Waals surface area contributed by atoms with Crippen LogP contribution in [-0.4, -0.2) is 24.0 Å². The number of alkyl halides is 2. The lowest BCUT2D eigenvalue weighted by molar-refractivity contribution is -0.385. The van der Waals surface area contributed by atoms with E-state index in [1.807, 2.05) is 13.8 Å². The zero-order chi connectivity index (χ0) is 20.5. The van der Waals surface area contributed by atoms with Crippen LogP contribution in [0.5, 0.6) is 5.75 Å². The van der Waals surface area contributed by atoms with Crippen molar-refractivity contribution in [2.75, 3.05) is 6.54 Å². The van der Waals surface area contributed by atoms with Crippen molar-refractivity contribution < 1.29 is 18.4 Å². The van der Waals surface area contributed by atoms with Crippen LogP contribution in [0.1, 0.15) is 23.6 Å².